The van der Waals surface area contributed by atoms with Gasteiger partial charge in [-0.2, -0.15) is 0 Å². The first-order valence-electron chi connectivity index (χ1n) is 7.05. The highest BCUT2D eigenvalue weighted by molar-refractivity contribution is 5.85. The van der Waals surface area contributed by atoms with Gasteiger partial charge < -0.3 is 16.0 Å². The number of para-hydroxylation sites is 1. The fourth-order valence-corrected chi connectivity index (χ4v) is 3.30. The van der Waals surface area contributed by atoms with Gasteiger partial charge >= 0.3 is 0 Å². The molecule has 1 amide bonds. The number of nitrogens with zero attached hydrogens (tertiary/aromatic N) is 1. The standard InChI is InChI=1S/C15H21N3O/c16-13-4-2-1-3-12(13)11-18-10-7-15(14(18)19)5-8-17-9-6-15/h1-4,17H,5-11,16H2. The van der Waals surface area contributed by atoms with Crippen molar-refractivity contribution < 1.29 is 4.79 Å². The van der Waals surface area contributed by atoms with Crippen LogP contribution in [0.25, 0.3) is 0 Å². The SMILES string of the molecule is Nc1ccccc1CN1CCC2(CCNCC2)C1=O. The van der Waals surface area contributed by atoms with Crippen LogP contribution in [0.5, 0.6) is 0 Å². The lowest BCUT2D eigenvalue weighted by Gasteiger charge is -2.32. The molecule has 0 atom stereocenters. The highest BCUT2D eigenvalue weighted by Crippen LogP contribution is 2.40. The van der Waals surface area contributed by atoms with Crippen molar-refractivity contribution >= 4 is 11.6 Å². The van der Waals surface area contributed by atoms with E-state index in [4.69, 9.17) is 5.73 Å². The largest absolute Gasteiger partial charge is 0.398 e. The van der Waals surface area contributed by atoms with Gasteiger partial charge in [0.1, 0.15) is 0 Å². The van der Waals surface area contributed by atoms with Gasteiger partial charge in [-0.3, -0.25) is 4.79 Å². The van der Waals surface area contributed by atoms with Gasteiger partial charge in [0, 0.05) is 18.8 Å². The quantitative estimate of drug-likeness (QED) is 0.789. The first-order valence-corrected chi connectivity index (χ1v) is 7.05. The molecule has 0 aromatic heterocycles. The molecule has 2 fully saturated rings. The Labute approximate surface area is 114 Å². The van der Waals surface area contributed by atoms with Crippen LogP contribution in [-0.2, 0) is 11.3 Å². The molecule has 3 N–H and O–H groups in total. The lowest BCUT2D eigenvalue weighted by atomic mass is 9.78. The van der Waals surface area contributed by atoms with E-state index in [1.807, 2.05) is 29.2 Å². The summed E-state index contributed by atoms with van der Waals surface area (Å²) in [6, 6.07) is 7.82. The number of nitrogens with one attached hydrogen (secondary N) is 1. The number of benzene rings is 1. The van der Waals surface area contributed by atoms with Crippen molar-refractivity contribution in [3.63, 3.8) is 0 Å². The highest BCUT2D eigenvalue weighted by Gasteiger charge is 2.46. The predicted molar refractivity (Wildman–Crippen MR) is 75.4 cm³/mol. The molecule has 3 rings (SSSR count). The first-order chi connectivity index (χ1) is 9.21. The van der Waals surface area contributed by atoms with Gasteiger partial charge in [0.25, 0.3) is 0 Å². The second-order valence-electron chi connectivity index (χ2n) is 5.71. The average molecular weight is 259 g/mol. The van der Waals surface area contributed by atoms with Gasteiger partial charge in [-0.1, -0.05) is 18.2 Å². The lowest BCUT2D eigenvalue weighted by Crippen LogP contribution is -2.42. The molecule has 1 spiro atoms. The van der Waals surface area contributed by atoms with E-state index in [-0.39, 0.29) is 5.41 Å². The van der Waals surface area contributed by atoms with Crippen molar-refractivity contribution in [1.82, 2.24) is 10.2 Å². The second-order valence-corrected chi connectivity index (χ2v) is 5.71. The molecule has 4 nitrogen and oxygen atoms in total. The van der Waals surface area contributed by atoms with E-state index in [1.165, 1.54) is 0 Å². The van der Waals surface area contributed by atoms with E-state index >= 15 is 0 Å². The number of carbonyl (C=O) groups is 1. The number of amides is 1. The number of carbonyl (C=O) groups excluding carboxylic acids is 1. The smallest absolute Gasteiger partial charge is 0.229 e. The van der Waals surface area contributed by atoms with E-state index < -0.39 is 0 Å². The summed E-state index contributed by atoms with van der Waals surface area (Å²) in [5.74, 6) is 0.331. The van der Waals surface area contributed by atoms with E-state index in [9.17, 15) is 4.79 Å². The van der Waals surface area contributed by atoms with Gasteiger partial charge in [-0.05, 0) is 44.0 Å². The fraction of sp³-hybridized carbons (Fsp3) is 0.533. The molecule has 2 saturated heterocycles. The van der Waals surface area contributed by atoms with Crippen LogP contribution in [0.1, 0.15) is 24.8 Å². The Morgan fingerprint density at radius 1 is 1.21 bits per heavy atom. The number of hydrogen-bond donors (Lipinski definition) is 2. The molecule has 0 saturated carbocycles. The summed E-state index contributed by atoms with van der Waals surface area (Å²) in [5, 5.41) is 3.34. The zero-order chi connectivity index (χ0) is 13.3. The average Bonchev–Trinajstić information content (AvgIpc) is 2.72. The minimum absolute atomic E-state index is 0.0885. The van der Waals surface area contributed by atoms with Crippen molar-refractivity contribution in [1.29, 1.82) is 0 Å². The number of nitrogen functional groups attached to an aromatic ring is 1. The summed E-state index contributed by atoms with van der Waals surface area (Å²) in [4.78, 5) is 14.6. The fourth-order valence-electron chi connectivity index (χ4n) is 3.30. The van der Waals surface area contributed by atoms with Crippen molar-refractivity contribution in [3.8, 4) is 0 Å². The van der Waals surface area contributed by atoms with Crippen LogP contribution in [-0.4, -0.2) is 30.4 Å². The van der Waals surface area contributed by atoms with Crippen LogP contribution in [0, 0.1) is 5.41 Å². The summed E-state index contributed by atoms with van der Waals surface area (Å²) < 4.78 is 0. The third-order valence-corrected chi connectivity index (χ3v) is 4.58. The lowest BCUT2D eigenvalue weighted by molar-refractivity contribution is -0.137. The molecule has 0 unspecified atom stereocenters. The summed E-state index contributed by atoms with van der Waals surface area (Å²) in [6.45, 7) is 3.45. The third-order valence-electron chi connectivity index (χ3n) is 4.58. The molecular weight excluding hydrogens is 238 g/mol. The van der Waals surface area contributed by atoms with Crippen LogP contribution < -0.4 is 11.1 Å². The molecule has 0 aliphatic carbocycles. The van der Waals surface area contributed by atoms with Crippen LogP contribution >= 0.6 is 0 Å². The zero-order valence-electron chi connectivity index (χ0n) is 11.2. The molecule has 1 aromatic carbocycles. The Hall–Kier alpha value is -1.55. The van der Waals surface area contributed by atoms with E-state index in [1.54, 1.807) is 0 Å². The van der Waals surface area contributed by atoms with E-state index in [2.05, 4.69) is 5.32 Å². The molecule has 2 aliphatic rings. The van der Waals surface area contributed by atoms with Gasteiger partial charge in [0.05, 0.1) is 5.41 Å². The predicted octanol–water partition coefficient (Wildman–Crippen LogP) is 1.37. The van der Waals surface area contributed by atoms with Crippen molar-refractivity contribution in [2.75, 3.05) is 25.4 Å². The molecule has 4 heteroatoms. The number of hydrogen-bond acceptors (Lipinski definition) is 3. The number of likely N-dealkylation sites (tertiary alicyclic amines) is 1. The Balaban J connectivity index is 1.74. The maximum Gasteiger partial charge on any atom is 0.229 e. The molecule has 2 heterocycles. The molecule has 19 heavy (non-hydrogen) atoms. The normalized spacial score (nSPS) is 22.1. The summed E-state index contributed by atoms with van der Waals surface area (Å²) in [7, 11) is 0. The Bertz CT molecular complexity index is 480. The number of anilines is 1. The highest BCUT2D eigenvalue weighted by atomic mass is 16.2. The van der Waals surface area contributed by atoms with Crippen LogP contribution in [0.3, 0.4) is 0 Å². The number of nitrogens with two attached hydrogens (primary N) is 1. The van der Waals surface area contributed by atoms with Crippen LogP contribution in [0.15, 0.2) is 24.3 Å². The maximum atomic E-state index is 12.7. The first kappa shape index (κ1) is 12.5. The van der Waals surface area contributed by atoms with Gasteiger partial charge in [-0.25, -0.2) is 0 Å². The minimum Gasteiger partial charge on any atom is -0.398 e. The van der Waals surface area contributed by atoms with Gasteiger partial charge in [0.2, 0.25) is 5.91 Å². The third kappa shape index (κ3) is 2.21. The summed E-state index contributed by atoms with van der Waals surface area (Å²) in [5.41, 5.74) is 7.71. The van der Waals surface area contributed by atoms with E-state index in [0.29, 0.717) is 12.5 Å². The Kier molecular flexibility index (Phi) is 3.19. The van der Waals surface area contributed by atoms with Crippen LogP contribution in [0.2, 0.25) is 0 Å². The number of piperidine rings is 1. The monoisotopic (exact) mass is 259 g/mol. The Morgan fingerprint density at radius 3 is 2.68 bits per heavy atom. The molecule has 0 bridgehead atoms. The topological polar surface area (TPSA) is 58.4 Å². The van der Waals surface area contributed by atoms with Crippen molar-refractivity contribution in [2.45, 2.75) is 25.8 Å². The van der Waals surface area contributed by atoms with Crippen molar-refractivity contribution in [2.24, 2.45) is 5.41 Å². The van der Waals surface area contributed by atoms with Gasteiger partial charge in [0.15, 0.2) is 0 Å². The van der Waals surface area contributed by atoms with Crippen LogP contribution in [0.4, 0.5) is 5.69 Å². The molecule has 2 aliphatic heterocycles. The molecule has 0 radical (unpaired) electrons. The second kappa shape index (κ2) is 4.85. The van der Waals surface area contributed by atoms with Gasteiger partial charge in [-0.15, -0.1) is 0 Å². The molecular formula is C15H21N3O. The maximum absolute atomic E-state index is 12.7. The summed E-state index contributed by atoms with van der Waals surface area (Å²) in [6.07, 6.45) is 2.96. The number of rotatable bonds is 2. The van der Waals surface area contributed by atoms with E-state index in [0.717, 1.165) is 50.1 Å². The Morgan fingerprint density at radius 2 is 1.95 bits per heavy atom. The summed E-state index contributed by atoms with van der Waals surface area (Å²) >= 11 is 0. The minimum atomic E-state index is -0.0885. The zero-order valence-corrected chi connectivity index (χ0v) is 11.2. The molecule has 1 aromatic rings. The van der Waals surface area contributed by atoms with Crippen molar-refractivity contribution in [3.05, 3.63) is 29.8 Å². The molecule has 102 valence electrons.